The van der Waals surface area contributed by atoms with E-state index < -0.39 is 24.0 Å². The number of aliphatic carboxylic acids is 2. The molecular formula is C7H10ClNO4. The summed E-state index contributed by atoms with van der Waals surface area (Å²) in [6.07, 6.45) is 0.529. The van der Waals surface area contributed by atoms with E-state index in [2.05, 4.69) is 5.32 Å². The maximum absolute atomic E-state index is 10.6. The first-order chi connectivity index (χ1) is 6.00. The average molecular weight is 208 g/mol. The SMILES string of the molecule is O=C(O)C1CC(Cl)CC(C(=O)O)N1. The van der Waals surface area contributed by atoms with Crippen LogP contribution in [0.3, 0.4) is 0 Å². The number of carboxylic acid groups (broad SMARTS) is 2. The Morgan fingerprint density at radius 3 is 1.85 bits per heavy atom. The number of rotatable bonds is 2. The van der Waals surface area contributed by atoms with Gasteiger partial charge >= 0.3 is 11.9 Å². The first-order valence-corrected chi connectivity index (χ1v) is 4.30. The molecule has 0 aliphatic carbocycles. The van der Waals surface area contributed by atoms with E-state index in [0.717, 1.165) is 0 Å². The van der Waals surface area contributed by atoms with Gasteiger partial charge in [0.2, 0.25) is 0 Å². The highest BCUT2D eigenvalue weighted by Crippen LogP contribution is 2.19. The van der Waals surface area contributed by atoms with E-state index in [1.165, 1.54) is 0 Å². The largest absolute Gasteiger partial charge is 0.480 e. The van der Waals surface area contributed by atoms with Crippen LogP contribution in [0.15, 0.2) is 0 Å². The molecule has 1 rings (SSSR count). The van der Waals surface area contributed by atoms with E-state index in [4.69, 9.17) is 21.8 Å². The minimum absolute atomic E-state index is 0.265. The van der Waals surface area contributed by atoms with E-state index in [-0.39, 0.29) is 18.2 Å². The molecule has 0 bridgehead atoms. The molecule has 1 saturated heterocycles. The molecule has 13 heavy (non-hydrogen) atoms. The lowest BCUT2D eigenvalue weighted by Gasteiger charge is -2.28. The molecule has 0 aromatic carbocycles. The third-order valence-electron chi connectivity index (χ3n) is 1.98. The number of alkyl halides is 1. The lowest BCUT2D eigenvalue weighted by atomic mass is 9.98. The number of piperidine rings is 1. The molecule has 1 aliphatic heterocycles. The highest BCUT2D eigenvalue weighted by atomic mass is 35.5. The summed E-state index contributed by atoms with van der Waals surface area (Å²) in [7, 11) is 0. The molecule has 2 atom stereocenters. The summed E-state index contributed by atoms with van der Waals surface area (Å²) in [4.78, 5) is 21.1. The lowest BCUT2D eigenvalue weighted by molar-refractivity contribution is -0.144. The van der Waals surface area contributed by atoms with Crippen LogP contribution in [0.5, 0.6) is 0 Å². The van der Waals surface area contributed by atoms with E-state index in [0.29, 0.717) is 0 Å². The first kappa shape index (κ1) is 10.3. The van der Waals surface area contributed by atoms with Crippen molar-refractivity contribution in [1.82, 2.24) is 5.32 Å². The van der Waals surface area contributed by atoms with Crippen molar-refractivity contribution in [2.75, 3.05) is 0 Å². The Morgan fingerprint density at radius 2 is 1.54 bits per heavy atom. The zero-order chi connectivity index (χ0) is 10.0. The highest BCUT2D eigenvalue weighted by molar-refractivity contribution is 6.21. The van der Waals surface area contributed by atoms with Crippen molar-refractivity contribution in [2.24, 2.45) is 0 Å². The molecule has 1 fully saturated rings. The van der Waals surface area contributed by atoms with Crippen molar-refractivity contribution in [3.63, 3.8) is 0 Å². The van der Waals surface area contributed by atoms with Gasteiger partial charge in [0.05, 0.1) is 0 Å². The number of hydrogen-bond donors (Lipinski definition) is 3. The van der Waals surface area contributed by atoms with Crippen LogP contribution < -0.4 is 5.32 Å². The molecule has 0 spiro atoms. The number of nitrogens with one attached hydrogen (secondary N) is 1. The third kappa shape index (κ3) is 2.57. The van der Waals surface area contributed by atoms with Crippen LogP contribution in [0.25, 0.3) is 0 Å². The minimum Gasteiger partial charge on any atom is -0.480 e. The summed E-state index contributed by atoms with van der Waals surface area (Å²) < 4.78 is 0. The number of halogens is 1. The predicted octanol–water partition coefficient (Wildman–Crippen LogP) is -0.116. The molecule has 0 amide bonds. The topological polar surface area (TPSA) is 86.6 Å². The minimum atomic E-state index is -1.06. The fraction of sp³-hybridized carbons (Fsp3) is 0.714. The summed E-state index contributed by atoms with van der Waals surface area (Å²) >= 11 is 5.73. The summed E-state index contributed by atoms with van der Waals surface area (Å²) in [6, 6.07) is -1.70. The number of carboxylic acids is 2. The standard InChI is InChI=1S/C7H10ClNO4/c8-3-1-4(6(10)11)9-5(2-3)7(12)13/h3-5,9H,1-2H2,(H,10,11)(H,12,13). The molecule has 0 aromatic heterocycles. The van der Waals surface area contributed by atoms with Gasteiger partial charge in [-0.15, -0.1) is 11.6 Å². The maximum Gasteiger partial charge on any atom is 0.320 e. The second-order valence-electron chi connectivity index (χ2n) is 3.02. The molecular weight excluding hydrogens is 198 g/mol. The molecule has 0 aromatic rings. The molecule has 0 saturated carbocycles. The van der Waals surface area contributed by atoms with Crippen LogP contribution in [0.4, 0.5) is 0 Å². The van der Waals surface area contributed by atoms with Crippen LogP contribution in [-0.2, 0) is 9.59 Å². The Labute approximate surface area is 79.7 Å². The zero-order valence-electron chi connectivity index (χ0n) is 6.74. The average Bonchev–Trinajstić information content (AvgIpc) is 2.03. The molecule has 5 nitrogen and oxygen atoms in total. The van der Waals surface area contributed by atoms with Crippen molar-refractivity contribution in [3.8, 4) is 0 Å². The Hall–Kier alpha value is -0.810. The van der Waals surface area contributed by atoms with E-state index in [9.17, 15) is 9.59 Å². The predicted molar refractivity (Wildman–Crippen MR) is 44.9 cm³/mol. The van der Waals surface area contributed by atoms with E-state index >= 15 is 0 Å². The van der Waals surface area contributed by atoms with Gasteiger partial charge in [-0.25, -0.2) is 0 Å². The van der Waals surface area contributed by atoms with Gasteiger partial charge in [-0.05, 0) is 12.8 Å². The molecule has 2 unspecified atom stereocenters. The summed E-state index contributed by atoms with van der Waals surface area (Å²) in [5.74, 6) is -2.12. The van der Waals surface area contributed by atoms with Crippen LogP contribution in [-0.4, -0.2) is 39.6 Å². The first-order valence-electron chi connectivity index (χ1n) is 3.86. The molecule has 0 radical (unpaired) electrons. The smallest absolute Gasteiger partial charge is 0.320 e. The fourth-order valence-electron chi connectivity index (χ4n) is 1.33. The van der Waals surface area contributed by atoms with Gasteiger partial charge in [0.15, 0.2) is 0 Å². The van der Waals surface area contributed by atoms with Crippen LogP contribution in [0, 0.1) is 0 Å². The van der Waals surface area contributed by atoms with Gasteiger partial charge in [0, 0.05) is 5.38 Å². The fourth-order valence-corrected chi connectivity index (χ4v) is 1.69. The van der Waals surface area contributed by atoms with Gasteiger partial charge in [-0.1, -0.05) is 0 Å². The molecule has 1 aliphatic rings. The Bertz CT molecular complexity index is 211. The van der Waals surface area contributed by atoms with Crippen LogP contribution >= 0.6 is 11.6 Å². The van der Waals surface area contributed by atoms with Gasteiger partial charge < -0.3 is 10.2 Å². The zero-order valence-corrected chi connectivity index (χ0v) is 7.49. The third-order valence-corrected chi connectivity index (χ3v) is 2.34. The Morgan fingerprint density at radius 1 is 1.15 bits per heavy atom. The molecule has 6 heteroatoms. The van der Waals surface area contributed by atoms with Crippen molar-refractivity contribution >= 4 is 23.5 Å². The van der Waals surface area contributed by atoms with E-state index in [1.807, 2.05) is 0 Å². The van der Waals surface area contributed by atoms with Gasteiger partial charge in [-0.3, -0.25) is 14.9 Å². The normalized spacial score (nSPS) is 34.1. The highest BCUT2D eigenvalue weighted by Gasteiger charge is 2.34. The van der Waals surface area contributed by atoms with Crippen molar-refractivity contribution in [1.29, 1.82) is 0 Å². The van der Waals surface area contributed by atoms with Crippen molar-refractivity contribution in [2.45, 2.75) is 30.3 Å². The van der Waals surface area contributed by atoms with Crippen LogP contribution in [0.2, 0.25) is 0 Å². The van der Waals surface area contributed by atoms with Crippen molar-refractivity contribution in [3.05, 3.63) is 0 Å². The maximum atomic E-state index is 10.6. The molecule has 3 N–H and O–H groups in total. The second-order valence-corrected chi connectivity index (χ2v) is 3.63. The monoisotopic (exact) mass is 207 g/mol. The van der Waals surface area contributed by atoms with E-state index in [1.54, 1.807) is 0 Å². The van der Waals surface area contributed by atoms with Crippen LogP contribution in [0.1, 0.15) is 12.8 Å². The summed E-state index contributed by atoms with van der Waals surface area (Å²) in [5, 5.41) is 19.4. The number of hydrogen-bond acceptors (Lipinski definition) is 3. The molecule has 1 heterocycles. The summed E-state index contributed by atoms with van der Waals surface area (Å²) in [5.41, 5.74) is 0. The second kappa shape index (κ2) is 3.93. The summed E-state index contributed by atoms with van der Waals surface area (Å²) in [6.45, 7) is 0. The van der Waals surface area contributed by atoms with Gasteiger partial charge in [0.25, 0.3) is 0 Å². The van der Waals surface area contributed by atoms with Gasteiger partial charge in [-0.2, -0.15) is 0 Å². The molecule has 74 valence electrons. The Balaban J connectivity index is 2.62. The lowest BCUT2D eigenvalue weighted by Crippen LogP contribution is -2.53. The van der Waals surface area contributed by atoms with Gasteiger partial charge in [0.1, 0.15) is 12.1 Å². The quantitative estimate of drug-likeness (QED) is 0.550. The van der Waals surface area contributed by atoms with Crippen molar-refractivity contribution < 1.29 is 19.8 Å². The Kier molecular flexibility index (Phi) is 3.11. The number of carbonyl (C=O) groups is 2.